The van der Waals surface area contributed by atoms with Gasteiger partial charge in [-0.2, -0.15) is 0 Å². The maximum absolute atomic E-state index is 9.36. The summed E-state index contributed by atoms with van der Waals surface area (Å²) in [6.45, 7) is 5.77. The van der Waals surface area contributed by atoms with Crippen molar-refractivity contribution in [1.29, 1.82) is 0 Å². The zero-order valence-corrected chi connectivity index (χ0v) is 10.3. The summed E-state index contributed by atoms with van der Waals surface area (Å²) in [5.74, 6) is 0. The largest absolute Gasteiger partial charge is 0.368 e. The quantitative estimate of drug-likeness (QED) is 0.413. The van der Waals surface area contributed by atoms with Gasteiger partial charge in [0.1, 0.15) is 0 Å². The van der Waals surface area contributed by atoms with E-state index < -0.39 is 6.29 Å². The van der Waals surface area contributed by atoms with E-state index in [0.717, 1.165) is 25.8 Å². The molecule has 0 aliphatic rings. The van der Waals surface area contributed by atoms with E-state index in [0.29, 0.717) is 6.73 Å². The molecule has 0 aromatic carbocycles. The van der Waals surface area contributed by atoms with Gasteiger partial charge < -0.3 is 9.84 Å². The molecule has 1 atom stereocenters. The first-order chi connectivity index (χ1) is 7.31. The molecule has 0 aliphatic carbocycles. The van der Waals surface area contributed by atoms with Crippen LogP contribution < -0.4 is 5.32 Å². The van der Waals surface area contributed by atoms with Crippen molar-refractivity contribution in [3.05, 3.63) is 0 Å². The van der Waals surface area contributed by atoms with Crippen molar-refractivity contribution >= 4 is 0 Å². The predicted octanol–water partition coefficient (Wildman–Crippen LogP) is 2.64. The topological polar surface area (TPSA) is 41.5 Å². The van der Waals surface area contributed by atoms with Crippen LogP contribution in [0.2, 0.25) is 0 Å². The SMILES string of the molecule is CCCCCCNCOC(O)CCCC. The van der Waals surface area contributed by atoms with E-state index >= 15 is 0 Å². The first-order valence-corrected chi connectivity index (χ1v) is 6.31. The molecule has 0 amide bonds. The number of ether oxygens (including phenoxy) is 1. The smallest absolute Gasteiger partial charge is 0.156 e. The molecule has 3 heteroatoms. The van der Waals surface area contributed by atoms with E-state index in [1.807, 2.05) is 0 Å². The number of aliphatic hydroxyl groups excluding tert-OH is 1. The van der Waals surface area contributed by atoms with Gasteiger partial charge >= 0.3 is 0 Å². The third-order valence-corrected chi connectivity index (χ3v) is 2.39. The Labute approximate surface area is 94.2 Å². The molecular weight excluding hydrogens is 190 g/mol. The number of nitrogens with one attached hydrogen (secondary N) is 1. The van der Waals surface area contributed by atoms with Crippen LogP contribution in [0.4, 0.5) is 0 Å². The normalized spacial score (nSPS) is 13.0. The number of unbranched alkanes of at least 4 members (excludes halogenated alkanes) is 4. The first kappa shape index (κ1) is 14.9. The number of rotatable bonds is 11. The highest BCUT2D eigenvalue weighted by molar-refractivity contribution is 4.46. The van der Waals surface area contributed by atoms with Crippen LogP contribution >= 0.6 is 0 Å². The molecule has 2 N–H and O–H groups in total. The zero-order valence-electron chi connectivity index (χ0n) is 10.3. The molecule has 0 saturated carbocycles. The summed E-state index contributed by atoms with van der Waals surface area (Å²) in [4.78, 5) is 0. The van der Waals surface area contributed by atoms with Gasteiger partial charge in [-0.15, -0.1) is 0 Å². The lowest BCUT2D eigenvalue weighted by Gasteiger charge is -2.11. The van der Waals surface area contributed by atoms with Crippen LogP contribution in [0.15, 0.2) is 0 Å². The van der Waals surface area contributed by atoms with Crippen molar-refractivity contribution in [3.63, 3.8) is 0 Å². The average Bonchev–Trinajstić information content (AvgIpc) is 2.25. The lowest BCUT2D eigenvalue weighted by atomic mass is 10.2. The third-order valence-electron chi connectivity index (χ3n) is 2.39. The number of hydrogen-bond acceptors (Lipinski definition) is 3. The standard InChI is InChI=1S/C12H27NO2/c1-3-5-7-8-10-13-11-15-12(14)9-6-4-2/h12-14H,3-11H2,1-2H3. The van der Waals surface area contributed by atoms with Gasteiger partial charge in [-0.3, -0.25) is 5.32 Å². The van der Waals surface area contributed by atoms with Gasteiger partial charge in [0.05, 0.1) is 6.73 Å². The Bertz CT molecular complexity index is 120. The second kappa shape index (κ2) is 12.0. The third kappa shape index (κ3) is 11.8. The Morgan fingerprint density at radius 3 is 2.47 bits per heavy atom. The monoisotopic (exact) mass is 217 g/mol. The highest BCUT2D eigenvalue weighted by atomic mass is 16.6. The van der Waals surface area contributed by atoms with Gasteiger partial charge in [0, 0.05) is 0 Å². The van der Waals surface area contributed by atoms with Gasteiger partial charge in [-0.05, 0) is 25.8 Å². The molecule has 0 aliphatic heterocycles. The Kier molecular flexibility index (Phi) is 11.9. The molecular formula is C12H27NO2. The molecule has 92 valence electrons. The fraction of sp³-hybridized carbons (Fsp3) is 1.00. The van der Waals surface area contributed by atoms with Gasteiger partial charge in [-0.1, -0.05) is 39.5 Å². The van der Waals surface area contributed by atoms with Gasteiger partial charge in [0.15, 0.2) is 6.29 Å². The average molecular weight is 217 g/mol. The van der Waals surface area contributed by atoms with Crippen LogP contribution in [0.25, 0.3) is 0 Å². The molecule has 0 fully saturated rings. The van der Waals surface area contributed by atoms with Crippen molar-refractivity contribution in [1.82, 2.24) is 5.32 Å². The minimum atomic E-state index is -0.590. The van der Waals surface area contributed by atoms with E-state index in [-0.39, 0.29) is 0 Å². The van der Waals surface area contributed by atoms with Crippen molar-refractivity contribution in [3.8, 4) is 0 Å². The van der Waals surface area contributed by atoms with Crippen LogP contribution in [0.3, 0.4) is 0 Å². The maximum Gasteiger partial charge on any atom is 0.156 e. The molecule has 0 bridgehead atoms. The van der Waals surface area contributed by atoms with Crippen molar-refractivity contribution in [2.45, 2.75) is 65.1 Å². The van der Waals surface area contributed by atoms with Crippen LogP contribution in [0, 0.1) is 0 Å². The van der Waals surface area contributed by atoms with E-state index in [1.165, 1.54) is 25.7 Å². The van der Waals surface area contributed by atoms with Gasteiger partial charge in [0.25, 0.3) is 0 Å². The Morgan fingerprint density at radius 2 is 1.80 bits per heavy atom. The van der Waals surface area contributed by atoms with E-state index in [2.05, 4.69) is 19.2 Å². The Morgan fingerprint density at radius 1 is 1.07 bits per heavy atom. The summed E-state index contributed by atoms with van der Waals surface area (Å²) in [5.41, 5.74) is 0. The predicted molar refractivity (Wildman–Crippen MR) is 63.6 cm³/mol. The summed E-state index contributed by atoms with van der Waals surface area (Å²) in [6, 6.07) is 0. The molecule has 0 heterocycles. The highest BCUT2D eigenvalue weighted by Crippen LogP contribution is 2.01. The molecule has 0 aromatic rings. The minimum Gasteiger partial charge on any atom is -0.368 e. The summed E-state index contributed by atoms with van der Waals surface area (Å²) in [5, 5.41) is 12.5. The molecule has 15 heavy (non-hydrogen) atoms. The fourth-order valence-electron chi connectivity index (χ4n) is 1.37. The van der Waals surface area contributed by atoms with Crippen LogP contribution in [-0.4, -0.2) is 24.7 Å². The van der Waals surface area contributed by atoms with Crippen molar-refractivity contribution in [2.75, 3.05) is 13.3 Å². The van der Waals surface area contributed by atoms with Crippen LogP contribution in [0.1, 0.15) is 58.8 Å². The van der Waals surface area contributed by atoms with Gasteiger partial charge in [0.2, 0.25) is 0 Å². The first-order valence-electron chi connectivity index (χ1n) is 6.31. The summed E-state index contributed by atoms with van der Waals surface area (Å²) in [7, 11) is 0. The molecule has 0 rings (SSSR count). The van der Waals surface area contributed by atoms with Crippen LogP contribution in [-0.2, 0) is 4.74 Å². The van der Waals surface area contributed by atoms with Crippen molar-refractivity contribution < 1.29 is 9.84 Å². The van der Waals surface area contributed by atoms with E-state index in [1.54, 1.807) is 0 Å². The Balaban J connectivity index is 3.02. The van der Waals surface area contributed by atoms with Gasteiger partial charge in [-0.25, -0.2) is 0 Å². The summed E-state index contributed by atoms with van der Waals surface area (Å²) < 4.78 is 5.20. The fourth-order valence-corrected chi connectivity index (χ4v) is 1.37. The highest BCUT2D eigenvalue weighted by Gasteiger charge is 2.01. The zero-order chi connectivity index (χ0) is 11.4. The second-order valence-electron chi connectivity index (χ2n) is 3.97. The Hall–Kier alpha value is -0.120. The van der Waals surface area contributed by atoms with Crippen LogP contribution in [0.5, 0.6) is 0 Å². The molecule has 0 radical (unpaired) electrons. The molecule has 0 saturated heterocycles. The van der Waals surface area contributed by atoms with E-state index in [4.69, 9.17) is 4.74 Å². The summed E-state index contributed by atoms with van der Waals surface area (Å²) in [6.07, 6.45) is 7.34. The minimum absolute atomic E-state index is 0.469. The molecule has 3 nitrogen and oxygen atoms in total. The second-order valence-corrected chi connectivity index (χ2v) is 3.97. The molecule has 1 unspecified atom stereocenters. The molecule has 0 spiro atoms. The lowest BCUT2D eigenvalue weighted by molar-refractivity contribution is -0.109. The lowest BCUT2D eigenvalue weighted by Crippen LogP contribution is -2.24. The van der Waals surface area contributed by atoms with E-state index in [9.17, 15) is 5.11 Å². The van der Waals surface area contributed by atoms with Crippen molar-refractivity contribution in [2.24, 2.45) is 0 Å². The number of aliphatic hydroxyl groups is 1. The maximum atomic E-state index is 9.36. The number of hydrogen-bond donors (Lipinski definition) is 2. The summed E-state index contributed by atoms with van der Waals surface area (Å²) >= 11 is 0. The molecule has 0 aromatic heterocycles.